The lowest BCUT2D eigenvalue weighted by atomic mass is 9.79. The van der Waals surface area contributed by atoms with E-state index in [2.05, 4.69) is 0 Å². The van der Waals surface area contributed by atoms with Crippen LogP contribution in [0.25, 0.3) is 0 Å². The molecule has 0 atom stereocenters. The van der Waals surface area contributed by atoms with E-state index >= 15 is 0 Å². The predicted octanol–water partition coefficient (Wildman–Crippen LogP) is 0.990. The largest absolute Gasteiger partial charge is 0.488 e. The molecule has 1 aromatic carbocycles. The van der Waals surface area contributed by atoms with Gasteiger partial charge in [0.2, 0.25) is 0 Å². The third-order valence-corrected chi connectivity index (χ3v) is 2.18. The van der Waals surface area contributed by atoms with Crippen LogP contribution in [0.1, 0.15) is 5.56 Å². The molecule has 0 aromatic heterocycles. The Morgan fingerprint density at radius 2 is 1.86 bits per heavy atom. The van der Waals surface area contributed by atoms with E-state index in [0.717, 1.165) is 40.8 Å². The average Bonchev–Trinajstić information content (AvgIpc) is 2.02. The molecule has 7 heteroatoms. The van der Waals surface area contributed by atoms with Crippen LogP contribution in [-0.2, 0) is 3.93 Å². The molecular formula is C7H5BF3IO2. The molecule has 0 saturated heterocycles. The van der Waals surface area contributed by atoms with Crippen LogP contribution in [0.4, 0.5) is 13.2 Å². The van der Waals surface area contributed by atoms with E-state index in [1.165, 1.54) is 0 Å². The van der Waals surface area contributed by atoms with Crippen molar-refractivity contribution in [1.82, 2.24) is 0 Å². The van der Waals surface area contributed by atoms with Gasteiger partial charge in [0.15, 0.2) is 0 Å². The number of hydrogen-bond donors (Lipinski definition) is 2. The van der Waals surface area contributed by atoms with Gasteiger partial charge < -0.3 is 10.0 Å². The number of halogens is 4. The van der Waals surface area contributed by atoms with Gasteiger partial charge in [-0.05, 0) is 17.6 Å². The lowest BCUT2D eigenvalue weighted by Crippen LogP contribution is -2.31. The lowest BCUT2D eigenvalue weighted by Gasteiger charge is -2.11. The summed E-state index contributed by atoms with van der Waals surface area (Å²) >= 11 is 0.772. The first-order chi connectivity index (χ1) is 6.32. The normalized spacial score (nSPS) is 11.6. The second kappa shape index (κ2) is 4.07. The topological polar surface area (TPSA) is 40.5 Å². The van der Waals surface area contributed by atoms with Crippen LogP contribution in [0.2, 0.25) is 0 Å². The first-order valence-electron chi connectivity index (χ1n) is 3.55. The molecule has 0 fully saturated rings. The standard InChI is InChI=1S/C7H5BF3IO2/c9-6-2-1-4(8(13)14)3-5(6)7(10,11)12/h1-3,13-14H. The molecule has 76 valence electrons. The van der Waals surface area contributed by atoms with Gasteiger partial charge in [0.05, 0.1) is 5.56 Å². The summed E-state index contributed by atoms with van der Waals surface area (Å²) in [5.74, 6) is -1.08. The van der Waals surface area contributed by atoms with Crippen molar-refractivity contribution in [2.75, 3.05) is 0 Å². The van der Waals surface area contributed by atoms with Crippen LogP contribution in [0.5, 0.6) is 0 Å². The molecule has 1 rings (SSSR count). The van der Waals surface area contributed by atoms with Gasteiger partial charge in [-0.15, -0.1) is 0 Å². The van der Waals surface area contributed by atoms with Gasteiger partial charge in [-0.1, -0.05) is 6.07 Å². The van der Waals surface area contributed by atoms with Crippen LogP contribution in [-0.4, -0.2) is 17.2 Å². The molecule has 0 unspecified atom stereocenters. The maximum Gasteiger partial charge on any atom is 0.488 e. The smallest absolute Gasteiger partial charge is 0.423 e. The molecule has 0 aliphatic heterocycles. The first-order valence-corrected chi connectivity index (χ1v) is 4.63. The summed E-state index contributed by atoms with van der Waals surface area (Å²) in [5.41, 5.74) is -1.03. The minimum Gasteiger partial charge on any atom is -0.423 e. The van der Waals surface area contributed by atoms with Crippen molar-refractivity contribution in [2.24, 2.45) is 0 Å². The van der Waals surface area contributed by atoms with Gasteiger partial charge in [0.1, 0.15) is 5.82 Å². The molecular weight excluding hydrogens is 311 g/mol. The van der Waals surface area contributed by atoms with Crippen LogP contribution in [0, 0.1) is 5.82 Å². The van der Waals surface area contributed by atoms with E-state index in [-0.39, 0.29) is 5.46 Å². The summed E-state index contributed by atoms with van der Waals surface area (Å²) in [6.45, 7) is 0. The van der Waals surface area contributed by atoms with Gasteiger partial charge in [0, 0.05) is 22.6 Å². The molecule has 0 spiro atoms. The van der Waals surface area contributed by atoms with Crippen LogP contribution >= 0.6 is 22.6 Å². The van der Waals surface area contributed by atoms with Gasteiger partial charge in [-0.3, -0.25) is 0 Å². The van der Waals surface area contributed by atoms with Crippen LogP contribution in [0.15, 0.2) is 18.2 Å². The predicted molar refractivity (Wildman–Crippen MR) is 54.1 cm³/mol. The molecule has 0 aliphatic rings. The van der Waals surface area contributed by atoms with E-state index in [1.807, 2.05) is 0 Å². The SMILES string of the molecule is OB(O)c1ccc(F)c(C(F)(F)I)c1. The van der Waals surface area contributed by atoms with Crippen molar-refractivity contribution in [3.8, 4) is 0 Å². The summed E-state index contributed by atoms with van der Waals surface area (Å²) in [7, 11) is -1.88. The number of rotatable bonds is 2. The summed E-state index contributed by atoms with van der Waals surface area (Å²) < 4.78 is 35.0. The maximum absolute atomic E-state index is 12.9. The third kappa shape index (κ3) is 2.61. The highest BCUT2D eigenvalue weighted by molar-refractivity contribution is 14.1. The van der Waals surface area contributed by atoms with Crippen LogP contribution < -0.4 is 5.46 Å². The fourth-order valence-corrected chi connectivity index (χ4v) is 1.33. The molecule has 2 nitrogen and oxygen atoms in total. The second-order valence-corrected chi connectivity index (χ2v) is 3.97. The van der Waals surface area contributed by atoms with Crippen molar-refractivity contribution < 1.29 is 23.2 Å². The fourth-order valence-electron chi connectivity index (χ4n) is 0.921. The molecule has 0 heterocycles. The van der Waals surface area contributed by atoms with Crippen molar-refractivity contribution in [3.05, 3.63) is 29.6 Å². The van der Waals surface area contributed by atoms with Crippen molar-refractivity contribution in [3.63, 3.8) is 0 Å². The van der Waals surface area contributed by atoms with Crippen molar-refractivity contribution >= 4 is 35.2 Å². The minimum absolute atomic E-state index is 0.169. The zero-order chi connectivity index (χ0) is 10.9. The lowest BCUT2D eigenvalue weighted by molar-refractivity contribution is 0.123. The zero-order valence-electron chi connectivity index (χ0n) is 6.72. The fraction of sp³-hybridized carbons (Fsp3) is 0.143. The van der Waals surface area contributed by atoms with Crippen molar-refractivity contribution in [1.29, 1.82) is 0 Å². The molecule has 0 saturated carbocycles. The molecule has 0 radical (unpaired) electrons. The molecule has 0 bridgehead atoms. The average molecular weight is 316 g/mol. The van der Waals surface area contributed by atoms with Gasteiger partial charge in [-0.25, -0.2) is 4.39 Å². The van der Waals surface area contributed by atoms with Crippen LogP contribution in [0.3, 0.4) is 0 Å². The Hall–Kier alpha value is -0.275. The Kier molecular flexibility index (Phi) is 3.43. The highest BCUT2D eigenvalue weighted by atomic mass is 127. The minimum atomic E-state index is -3.37. The van der Waals surface area contributed by atoms with Gasteiger partial charge >= 0.3 is 11.0 Å². The van der Waals surface area contributed by atoms with Gasteiger partial charge in [-0.2, -0.15) is 8.78 Å². The van der Waals surface area contributed by atoms with E-state index in [9.17, 15) is 13.2 Å². The molecule has 1 aromatic rings. The second-order valence-electron chi connectivity index (χ2n) is 2.61. The van der Waals surface area contributed by atoms with Gasteiger partial charge in [0.25, 0.3) is 0 Å². The molecule has 2 N–H and O–H groups in total. The van der Waals surface area contributed by atoms with E-state index < -0.39 is 22.4 Å². The first kappa shape index (κ1) is 11.8. The van der Waals surface area contributed by atoms with E-state index in [4.69, 9.17) is 10.0 Å². The Morgan fingerprint density at radius 3 is 2.29 bits per heavy atom. The van der Waals surface area contributed by atoms with E-state index in [0.29, 0.717) is 0 Å². The Bertz CT molecular complexity index is 340. The Labute approximate surface area is 92.0 Å². The monoisotopic (exact) mass is 316 g/mol. The molecule has 14 heavy (non-hydrogen) atoms. The Balaban J connectivity index is 3.22. The highest BCUT2D eigenvalue weighted by Crippen LogP contribution is 2.36. The molecule has 0 aliphatic carbocycles. The van der Waals surface area contributed by atoms with Crippen molar-refractivity contribution in [2.45, 2.75) is 3.93 Å². The Morgan fingerprint density at radius 1 is 1.29 bits per heavy atom. The summed E-state index contributed by atoms with van der Waals surface area (Å²) in [6, 6.07) is 2.54. The summed E-state index contributed by atoms with van der Waals surface area (Å²) in [6.07, 6.45) is 0. The summed E-state index contributed by atoms with van der Waals surface area (Å²) in [4.78, 5) is 0. The zero-order valence-corrected chi connectivity index (χ0v) is 8.87. The highest BCUT2D eigenvalue weighted by Gasteiger charge is 2.31. The third-order valence-electron chi connectivity index (χ3n) is 1.59. The van der Waals surface area contributed by atoms with E-state index in [1.54, 1.807) is 0 Å². The quantitative estimate of drug-likeness (QED) is 0.485. The maximum atomic E-state index is 12.9. The number of hydrogen-bond acceptors (Lipinski definition) is 2. The summed E-state index contributed by atoms with van der Waals surface area (Å²) in [5, 5.41) is 17.4. The number of benzene rings is 1. The number of alkyl halides is 3. The molecule has 0 amide bonds.